The highest BCUT2D eigenvalue weighted by molar-refractivity contribution is 5.07. The van der Waals surface area contributed by atoms with Gasteiger partial charge in [-0.05, 0) is 19.9 Å². The molecule has 2 N–H and O–H groups in total. The van der Waals surface area contributed by atoms with Crippen molar-refractivity contribution in [1.29, 1.82) is 0 Å². The second-order valence-corrected chi connectivity index (χ2v) is 5.07. The van der Waals surface area contributed by atoms with E-state index in [4.69, 9.17) is 10.3 Å². The molecule has 1 aromatic heterocycles. The van der Waals surface area contributed by atoms with Crippen molar-refractivity contribution in [3.8, 4) is 0 Å². The molecule has 0 saturated carbocycles. The van der Waals surface area contributed by atoms with Gasteiger partial charge < -0.3 is 15.2 Å². The predicted octanol–water partition coefficient (Wildman–Crippen LogP) is 1.07. The second kappa shape index (κ2) is 4.14. The Hall–Kier alpha value is -0.940. The van der Waals surface area contributed by atoms with E-state index >= 15 is 0 Å². The highest BCUT2D eigenvalue weighted by Crippen LogP contribution is 2.28. The molecule has 0 atom stereocenters. The first-order valence-electron chi connectivity index (χ1n) is 5.83. The highest BCUT2D eigenvalue weighted by atomic mass is 16.5. The lowest BCUT2D eigenvalue weighted by molar-refractivity contribution is 0.181. The number of hydrogen-bond donors (Lipinski definition) is 1. The van der Waals surface area contributed by atoms with Crippen LogP contribution in [0.1, 0.15) is 44.3 Å². The van der Waals surface area contributed by atoms with Crippen LogP contribution in [0.2, 0.25) is 0 Å². The number of hydrogen-bond acceptors (Lipinski definition) is 5. The maximum Gasteiger partial charge on any atom is 0.229 e. The molecule has 1 aromatic rings. The Morgan fingerprint density at radius 3 is 2.50 bits per heavy atom. The molecule has 1 aliphatic heterocycles. The van der Waals surface area contributed by atoms with E-state index in [2.05, 4.69) is 22.1 Å². The molecule has 1 aliphatic rings. The van der Waals surface area contributed by atoms with Gasteiger partial charge in [0.05, 0.1) is 5.54 Å². The smallest absolute Gasteiger partial charge is 0.229 e. The summed E-state index contributed by atoms with van der Waals surface area (Å²) in [5, 5.41) is 4.03. The highest BCUT2D eigenvalue weighted by Gasteiger charge is 2.35. The molecule has 1 saturated heterocycles. The zero-order valence-electron chi connectivity index (χ0n) is 10.2. The van der Waals surface area contributed by atoms with Gasteiger partial charge in [0.25, 0.3) is 0 Å². The molecule has 0 bridgehead atoms. The van der Waals surface area contributed by atoms with Crippen LogP contribution in [0.5, 0.6) is 0 Å². The van der Waals surface area contributed by atoms with Gasteiger partial charge in [0.1, 0.15) is 0 Å². The summed E-state index contributed by atoms with van der Waals surface area (Å²) in [5.41, 5.74) is 5.94. The van der Waals surface area contributed by atoms with Crippen molar-refractivity contribution in [3.05, 3.63) is 11.7 Å². The first kappa shape index (κ1) is 11.5. The van der Waals surface area contributed by atoms with Gasteiger partial charge in [0, 0.05) is 19.0 Å². The van der Waals surface area contributed by atoms with Crippen molar-refractivity contribution >= 4 is 0 Å². The molecular formula is C11H20N4O. The van der Waals surface area contributed by atoms with Crippen LogP contribution >= 0.6 is 0 Å². The van der Waals surface area contributed by atoms with Gasteiger partial charge in [-0.15, -0.1) is 0 Å². The van der Waals surface area contributed by atoms with E-state index in [1.54, 1.807) is 0 Å². The molecular weight excluding hydrogens is 204 g/mol. The fraction of sp³-hybridized carbons (Fsp3) is 0.818. The third-order valence-electron chi connectivity index (χ3n) is 3.26. The molecule has 0 unspecified atom stereocenters. The fourth-order valence-electron chi connectivity index (χ4n) is 1.91. The summed E-state index contributed by atoms with van der Waals surface area (Å²) in [6.45, 7) is 6.05. The van der Waals surface area contributed by atoms with Gasteiger partial charge in [0.2, 0.25) is 5.89 Å². The van der Waals surface area contributed by atoms with E-state index < -0.39 is 5.54 Å². The van der Waals surface area contributed by atoms with Gasteiger partial charge in [-0.25, -0.2) is 0 Å². The van der Waals surface area contributed by atoms with Crippen LogP contribution in [0, 0.1) is 0 Å². The number of aromatic nitrogens is 2. The number of likely N-dealkylation sites (tertiary alicyclic amines) is 1. The van der Waals surface area contributed by atoms with Crippen molar-refractivity contribution in [2.24, 2.45) is 5.73 Å². The van der Waals surface area contributed by atoms with Crippen molar-refractivity contribution in [3.63, 3.8) is 0 Å². The van der Waals surface area contributed by atoms with E-state index in [0.29, 0.717) is 11.7 Å². The second-order valence-electron chi connectivity index (χ2n) is 5.07. The minimum absolute atomic E-state index is 0.260. The summed E-state index contributed by atoms with van der Waals surface area (Å²) < 4.78 is 5.22. The van der Waals surface area contributed by atoms with Gasteiger partial charge in [-0.1, -0.05) is 19.0 Å². The Kier molecular flexibility index (Phi) is 2.99. The van der Waals surface area contributed by atoms with Gasteiger partial charge in [-0.3, -0.25) is 0 Å². The van der Waals surface area contributed by atoms with Gasteiger partial charge in [0.15, 0.2) is 5.82 Å². The minimum Gasteiger partial charge on any atom is -0.339 e. The summed E-state index contributed by atoms with van der Waals surface area (Å²) in [5.74, 6) is 1.61. The molecule has 5 nitrogen and oxygen atoms in total. The summed E-state index contributed by atoms with van der Waals surface area (Å²) in [6, 6.07) is 0. The zero-order chi connectivity index (χ0) is 11.8. The van der Waals surface area contributed by atoms with Crippen LogP contribution in [0.15, 0.2) is 4.52 Å². The Morgan fingerprint density at radius 1 is 1.38 bits per heavy atom. The van der Waals surface area contributed by atoms with E-state index in [-0.39, 0.29) is 5.92 Å². The number of rotatable bonds is 2. The van der Waals surface area contributed by atoms with Crippen molar-refractivity contribution in [2.45, 2.75) is 38.1 Å². The fourth-order valence-corrected chi connectivity index (χ4v) is 1.91. The van der Waals surface area contributed by atoms with Crippen LogP contribution in [-0.4, -0.2) is 35.2 Å². The summed E-state index contributed by atoms with van der Waals surface area (Å²) in [4.78, 5) is 6.68. The molecule has 16 heavy (non-hydrogen) atoms. The number of nitrogens with zero attached hydrogens (tertiary/aromatic N) is 3. The third kappa shape index (κ3) is 2.10. The van der Waals surface area contributed by atoms with Crippen molar-refractivity contribution in [2.75, 3.05) is 20.1 Å². The molecule has 2 rings (SSSR count). The summed E-state index contributed by atoms with van der Waals surface area (Å²) >= 11 is 0. The monoisotopic (exact) mass is 224 g/mol. The quantitative estimate of drug-likeness (QED) is 0.814. The molecule has 1 fully saturated rings. The normalized spacial score (nSPS) is 21.6. The van der Waals surface area contributed by atoms with Crippen LogP contribution in [0.25, 0.3) is 0 Å². The average Bonchev–Trinajstić information content (AvgIpc) is 2.72. The Balaban J connectivity index is 2.16. The molecule has 2 heterocycles. The minimum atomic E-state index is -0.400. The molecule has 90 valence electrons. The SMILES string of the molecule is CC(C)c1nc(C2(N)CCN(C)CC2)no1. The zero-order valence-corrected chi connectivity index (χ0v) is 10.2. The van der Waals surface area contributed by atoms with Crippen molar-refractivity contribution in [1.82, 2.24) is 15.0 Å². The number of piperidine rings is 1. The van der Waals surface area contributed by atoms with E-state index in [1.807, 2.05) is 13.8 Å². The largest absolute Gasteiger partial charge is 0.339 e. The van der Waals surface area contributed by atoms with Crippen LogP contribution in [0.3, 0.4) is 0 Å². The topological polar surface area (TPSA) is 68.2 Å². The van der Waals surface area contributed by atoms with E-state index in [1.165, 1.54) is 0 Å². The number of nitrogens with two attached hydrogens (primary N) is 1. The Bertz CT molecular complexity index is 353. The van der Waals surface area contributed by atoms with E-state index in [0.717, 1.165) is 25.9 Å². The molecule has 0 radical (unpaired) electrons. The van der Waals surface area contributed by atoms with Crippen LogP contribution in [-0.2, 0) is 5.54 Å². The van der Waals surface area contributed by atoms with Crippen molar-refractivity contribution < 1.29 is 4.52 Å². The standard InChI is InChI=1S/C11H20N4O/c1-8(2)9-13-10(14-16-9)11(12)4-6-15(3)7-5-11/h8H,4-7,12H2,1-3H3. The van der Waals surface area contributed by atoms with E-state index in [9.17, 15) is 0 Å². The maximum atomic E-state index is 6.34. The predicted molar refractivity (Wildman–Crippen MR) is 61.0 cm³/mol. The van der Waals surface area contributed by atoms with Crippen LogP contribution in [0.4, 0.5) is 0 Å². The van der Waals surface area contributed by atoms with Gasteiger partial charge in [-0.2, -0.15) is 4.98 Å². The molecule has 0 aromatic carbocycles. The summed E-state index contributed by atoms with van der Waals surface area (Å²) in [6.07, 6.45) is 1.78. The Morgan fingerprint density at radius 2 is 2.00 bits per heavy atom. The maximum absolute atomic E-state index is 6.34. The van der Waals surface area contributed by atoms with Gasteiger partial charge >= 0.3 is 0 Å². The van der Waals surface area contributed by atoms with Crippen LogP contribution < -0.4 is 5.73 Å². The molecule has 0 amide bonds. The lowest BCUT2D eigenvalue weighted by Crippen LogP contribution is -2.47. The molecule has 0 spiro atoms. The average molecular weight is 224 g/mol. The summed E-state index contributed by atoms with van der Waals surface area (Å²) in [7, 11) is 2.11. The molecule has 0 aliphatic carbocycles. The first-order chi connectivity index (χ1) is 7.51. The molecule has 5 heteroatoms. The lowest BCUT2D eigenvalue weighted by Gasteiger charge is -2.35. The third-order valence-corrected chi connectivity index (χ3v) is 3.26. The lowest BCUT2D eigenvalue weighted by atomic mass is 9.88. The first-order valence-corrected chi connectivity index (χ1v) is 5.83. The Labute approximate surface area is 96.0 Å².